The first-order chi connectivity index (χ1) is 14.5. The summed E-state index contributed by atoms with van der Waals surface area (Å²) in [5.74, 6) is 1.29. The highest BCUT2D eigenvalue weighted by atomic mass is 16.5. The molecule has 6 heteroatoms. The van der Waals surface area contributed by atoms with Crippen LogP contribution in [0.3, 0.4) is 0 Å². The number of nitrogens with zero attached hydrogens (tertiary/aromatic N) is 1. The second kappa shape index (κ2) is 10.3. The first-order valence-corrected chi connectivity index (χ1v) is 10.5. The van der Waals surface area contributed by atoms with Crippen LogP contribution in [0.5, 0.6) is 11.5 Å². The highest BCUT2D eigenvalue weighted by Gasteiger charge is 2.18. The predicted molar refractivity (Wildman–Crippen MR) is 118 cm³/mol. The van der Waals surface area contributed by atoms with E-state index in [2.05, 4.69) is 16.6 Å². The van der Waals surface area contributed by atoms with E-state index in [1.807, 2.05) is 51.1 Å². The number of quaternary nitrogens is 1. The number of hydrogen-bond donors (Lipinski definition) is 2. The van der Waals surface area contributed by atoms with Gasteiger partial charge < -0.3 is 14.4 Å². The molecule has 0 atom stereocenters. The summed E-state index contributed by atoms with van der Waals surface area (Å²) < 4.78 is 11.1. The summed E-state index contributed by atoms with van der Waals surface area (Å²) in [6.45, 7) is 9.23. The van der Waals surface area contributed by atoms with Crippen LogP contribution in [0, 0.1) is 13.8 Å². The molecule has 0 bridgehead atoms. The Hall–Kier alpha value is -2.86. The van der Waals surface area contributed by atoms with Crippen molar-refractivity contribution in [3.05, 3.63) is 58.7 Å². The Kier molecular flexibility index (Phi) is 7.46. The maximum atomic E-state index is 12.1. The summed E-state index contributed by atoms with van der Waals surface area (Å²) in [4.78, 5) is 13.7. The van der Waals surface area contributed by atoms with Gasteiger partial charge in [0, 0.05) is 18.4 Å². The van der Waals surface area contributed by atoms with Crippen LogP contribution in [0.25, 0.3) is 0 Å². The maximum absolute atomic E-state index is 12.1. The second-order valence-electron chi connectivity index (χ2n) is 7.93. The van der Waals surface area contributed by atoms with E-state index in [9.17, 15) is 4.79 Å². The smallest absolute Gasteiger partial charge is 0.277 e. The number of carbonyl (C=O) groups is 1. The quantitative estimate of drug-likeness (QED) is 0.519. The normalized spacial score (nSPS) is 14.6. The lowest BCUT2D eigenvalue weighted by atomic mass is 10.1. The monoisotopic (exact) mass is 410 g/mol. The average Bonchev–Trinajstić information content (AvgIpc) is 3.26. The number of methoxy groups -OCH3 is 1. The van der Waals surface area contributed by atoms with Gasteiger partial charge >= 0.3 is 0 Å². The van der Waals surface area contributed by atoms with Crippen LogP contribution in [0.2, 0.25) is 0 Å². The predicted octanol–water partition coefficient (Wildman–Crippen LogP) is 2.41. The van der Waals surface area contributed by atoms with Crippen molar-refractivity contribution in [2.75, 3.05) is 26.8 Å². The van der Waals surface area contributed by atoms with Gasteiger partial charge in [0.1, 0.15) is 18.0 Å². The summed E-state index contributed by atoms with van der Waals surface area (Å²) in [5, 5.41) is 4.26. The number of benzene rings is 2. The minimum Gasteiger partial charge on any atom is -0.496 e. The molecule has 3 rings (SSSR count). The molecule has 0 saturated carbocycles. The van der Waals surface area contributed by atoms with Gasteiger partial charge in [0.15, 0.2) is 6.61 Å². The highest BCUT2D eigenvalue weighted by molar-refractivity contribution is 5.99. The molecule has 2 aromatic carbocycles. The third-order valence-corrected chi connectivity index (χ3v) is 5.65. The Morgan fingerprint density at radius 1 is 1.10 bits per heavy atom. The van der Waals surface area contributed by atoms with Crippen molar-refractivity contribution in [3.63, 3.8) is 0 Å². The fourth-order valence-corrected chi connectivity index (χ4v) is 3.66. The number of aryl methyl sites for hydroxylation is 2. The second-order valence-corrected chi connectivity index (χ2v) is 7.93. The molecule has 1 amide bonds. The fraction of sp³-hybridized carbons (Fsp3) is 0.417. The number of hydrazone groups is 1. The topological polar surface area (TPSA) is 64.4 Å². The molecule has 1 saturated heterocycles. The molecule has 30 heavy (non-hydrogen) atoms. The molecular formula is C24H32N3O3+. The Morgan fingerprint density at radius 3 is 2.57 bits per heavy atom. The van der Waals surface area contributed by atoms with E-state index in [-0.39, 0.29) is 12.5 Å². The molecule has 0 radical (unpaired) electrons. The van der Waals surface area contributed by atoms with Crippen molar-refractivity contribution < 1.29 is 19.2 Å². The van der Waals surface area contributed by atoms with Crippen molar-refractivity contribution in [1.29, 1.82) is 0 Å². The van der Waals surface area contributed by atoms with Gasteiger partial charge in [-0.2, -0.15) is 5.10 Å². The van der Waals surface area contributed by atoms with Gasteiger partial charge in [-0.15, -0.1) is 0 Å². The first kappa shape index (κ1) is 21.8. The SMILES string of the molecule is COc1ccc(/C(C)=N\NC(=O)COc2ccc(C)c(C)c2)cc1C[NH+]1CCCC1. The standard InChI is InChI=1S/C24H31N3O3/c1-17-7-9-22(13-18(17)2)30-16-24(28)26-25-19(3)20-8-10-23(29-4)21(14-20)15-27-11-5-6-12-27/h7-10,13-14H,5-6,11-12,15-16H2,1-4H3,(H,26,28)/p+1/b25-19-. The van der Waals surface area contributed by atoms with Crippen LogP contribution in [-0.2, 0) is 11.3 Å². The van der Waals surface area contributed by atoms with Crippen molar-refractivity contribution in [2.45, 2.75) is 40.2 Å². The van der Waals surface area contributed by atoms with E-state index in [0.717, 1.165) is 29.1 Å². The van der Waals surface area contributed by atoms with Crippen molar-refractivity contribution in [2.24, 2.45) is 5.10 Å². The molecule has 0 unspecified atom stereocenters. The van der Waals surface area contributed by atoms with E-state index in [4.69, 9.17) is 9.47 Å². The number of likely N-dealkylation sites (tertiary alicyclic amines) is 1. The number of ether oxygens (including phenoxy) is 2. The van der Waals surface area contributed by atoms with Crippen LogP contribution >= 0.6 is 0 Å². The first-order valence-electron chi connectivity index (χ1n) is 10.5. The Balaban J connectivity index is 1.59. The summed E-state index contributed by atoms with van der Waals surface area (Å²) >= 11 is 0. The largest absolute Gasteiger partial charge is 0.496 e. The van der Waals surface area contributed by atoms with E-state index >= 15 is 0 Å². The lowest BCUT2D eigenvalue weighted by Crippen LogP contribution is -3.08. The molecule has 1 fully saturated rings. The minimum atomic E-state index is -0.289. The van der Waals surface area contributed by atoms with Crippen LogP contribution in [0.15, 0.2) is 41.5 Å². The van der Waals surface area contributed by atoms with Gasteiger partial charge in [-0.3, -0.25) is 4.79 Å². The fourth-order valence-electron chi connectivity index (χ4n) is 3.66. The molecule has 1 aliphatic heterocycles. The van der Waals surface area contributed by atoms with Gasteiger partial charge in [-0.25, -0.2) is 5.43 Å². The van der Waals surface area contributed by atoms with Gasteiger partial charge in [0.05, 0.1) is 25.9 Å². The third-order valence-electron chi connectivity index (χ3n) is 5.65. The molecule has 1 heterocycles. The van der Waals surface area contributed by atoms with E-state index in [0.29, 0.717) is 5.75 Å². The zero-order chi connectivity index (χ0) is 21.5. The molecule has 0 aliphatic carbocycles. The molecule has 0 spiro atoms. The van der Waals surface area contributed by atoms with Crippen molar-refractivity contribution in [3.8, 4) is 11.5 Å². The third kappa shape index (κ3) is 5.83. The summed E-state index contributed by atoms with van der Waals surface area (Å²) in [5.41, 5.74) is 7.80. The number of nitrogens with one attached hydrogen (secondary N) is 2. The number of carbonyl (C=O) groups excluding carboxylic acids is 1. The molecule has 160 valence electrons. The molecule has 1 aliphatic rings. The lowest BCUT2D eigenvalue weighted by Gasteiger charge is -2.15. The maximum Gasteiger partial charge on any atom is 0.277 e. The van der Waals surface area contributed by atoms with Crippen LogP contribution in [0.1, 0.15) is 42.0 Å². The molecule has 6 nitrogen and oxygen atoms in total. The lowest BCUT2D eigenvalue weighted by molar-refractivity contribution is -0.901. The zero-order valence-electron chi connectivity index (χ0n) is 18.4. The van der Waals surface area contributed by atoms with E-state index < -0.39 is 0 Å². The number of amides is 1. The molecule has 2 aromatic rings. The van der Waals surface area contributed by atoms with Gasteiger partial charge in [0.2, 0.25) is 0 Å². The van der Waals surface area contributed by atoms with E-state index in [1.165, 1.54) is 37.1 Å². The van der Waals surface area contributed by atoms with Crippen LogP contribution in [-0.4, -0.2) is 38.4 Å². The van der Waals surface area contributed by atoms with Crippen LogP contribution in [0.4, 0.5) is 0 Å². The highest BCUT2D eigenvalue weighted by Crippen LogP contribution is 2.20. The van der Waals surface area contributed by atoms with Gasteiger partial charge in [-0.1, -0.05) is 6.07 Å². The van der Waals surface area contributed by atoms with Crippen molar-refractivity contribution in [1.82, 2.24) is 5.43 Å². The van der Waals surface area contributed by atoms with Gasteiger partial charge in [0.25, 0.3) is 5.91 Å². The molecule has 2 N–H and O–H groups in total. The Morgan fingerprint density at radius 2 is 1.87 bits per heavy atom. The van der Waals surface area contributed by atoms with Crippen LogP contribution < -0.4 is 19.8 Å². The Labute approximate surface area is 178 Å². The van der Waals surface area contributed by atoms with Gasteiger partial charge in [-0.05, 0) is 67.8 Å². The minimum absolute atomic E-state index is 0.0779. The zero-order valence-corrected chi connectivity index (χ0v) is 18.4. The van der Waals surface area contributed by atoms with Crippen molar-refractivity contribution >= 4 is 11.6 Å². The summed E-state index contributed by atoms with van der Waals surface area (Å²) in [7, 11) is 1.70. The number of rotatable bonds is 8. The Bertz CT molecular complexity index is 918. The van der Waals surface area contributed by atoms with E-state index in [1.54, 1.807) is 12.0 Å². The molecule has 0 aromatic heterocycles. The summed E-state index contributed by atoms with van der Waals surface area (Å²) in [6, 6.07) is 11.8. The summed E-state index contributed by atoms with van der Waals surface area (Å²) in [6.07, 6.45) is 2.57. The average molecular weight is 411 g/mol. The molecular weight excluding hydrogens is 378 g/mol. The number of hydrogen-bond acceptors (Lipinski definition) is 4.